The standard InChI is InChI=1S/C13H25N5O2S/c1-5-6-14-12-11(10(2)3)13(17-9-16-12)15-7-8-18-21(4,19)20/h9-10,18H,5-8H2,1-4H3,(H2,14,15,16,17). The smallest absolute Gasteiger partial charge is 0.208 e. The molecule has 0 radical (unpaired) electrons. The third-order valence-corrected chi connectivity index (χ3v) is 3.51. The lowest BCUT2D eigenvalue weighted by Crippen LogP contribution is -2.28. The number of hydrogen-bond donors (Lipinski definition) is 3. The number of anilines is 2. The summed E-state index contributed by atoms with van der Waals surface area (Å²) >= 11 is 0. The highest BCUT2D eigenvalue weighted by atomic mass is 32.2. The van der Waals surface area contributed by atoms with Gasteiger partial charge in [-0.2, -0.15) is 0 Å². The van der Waals surface area contributed by atoms with Crippen molar-refractivity contribution < 1.29 is 8.42 Å². The first-order valence-corrected chi connectivity index (χ1v) is 9.01. The van der Waals surface area contributed by atoms with Crippen LogP contribution in [-0.4, -0.2) is 44.3 Å². The van der Waals surface area contributed by atoms with E-state index in [9.17, 15) is 8.42 Å². The topological polar surface area (TPSA) is 96.0 Å². The summed E-state index contributed by atoms with van der Waals surface area (Å²) in [7, 11) is -3.16. The van der Waals surface area contributed by atoms with Crippen LogP contribution in [0.5, 0.6) is 0 Å². The summed E-state index contributed by atoms with van der Waals surface area (Å²) in [6.45, 7) is 7.89. The first kappa shape index (κ1) is 17.6. The van der Waals surface area contributed by atoms with Crippen molar-refractivity contribution >= 4 is 21.7 Å². The highest BCUT2D eigenvalue weighted by molar-refractivity contribution is 7.88. The van der Waals surface area contributed by atoms with E-state index in [-0.39, 0.29) is 5.92 Å². The monoisotopic (exact) mass is 315 g/mol. The molecule has 0 aromatic carbocycles. The van der Waals surface area contributed by atoms with Crippen LogP contribution >= 0.6 is 0 Å². The van der Waals surface area contributed by atoms with Crippen LogP contribution in [0.3, 0.4) is 0 Å². The predicted octanol–water partition coefficient (Wildman–Crippen LogP) is 1.38. The van der Waals surface area contributed by atoms with Gasteiger partial charge in [-0.1, -0.05) is 20.8 Å². The summed E-state index contributed by atoms with van der Waals surface area (Å²) < 4.78 is 24.5. The molecule has 8 heteroatoms. The van der Waals surface area contributed by atoms with E-state index in [0.29, 0.717) is 13.1 Å². The molecule has 1 rings (SSSR count). The quantitative estimate of drug-likeness (QED) is 0.596. The summed E-state index contributed by atoms with van der Waals surface area (Å²) in [5.74, 6) is 1.84. The fourth-order valence-electron chi connectivity index (χ4n) is 1.88. The Morgan fingerprint density at radius 2 is 1.67 bits per heavy atom. The summed E-state index contributed by atoms with van der Waals surface area (Å²) in [6, 6.07) is 0. The van der Waals surface area contributed by atoms with Crippen LogP contribution < -0.4 is 15.4 Å². The molecular weight excluding hydrogens is 290 g/mol. The molecule has 0 saturated heterocycles. The van der Waals surface area contributed by atoms with Crippen molar-refractivity contribution in [1.82, 2.24) is 14.7 Å². The highest BCUT2D eigenvalue weighted by Crippen LogP contribution is 2.28. The highest BCUT2D eigenvalue weighted by Gasteiger charge is 2.14. The number of rotatable bonds is 9. The van der Waals surface area contributed by atoms with Gasteiger partial charge in [-0.15, -0.1) is 0 Å². The second-order valence-corrected chi connectivity index (χ2v) is 6.99. The van der Waals surface area contributed by atoms with Gasteiger partial charge < -0.3 is 10.6 Å². The Hall–Kier alpha value is -1.41. The average Bonchev–Trinajstić information content (AvgIpc) is 2.40. The first-order chi connectivity index (χ1) is 9.85. The lowest BCUT2D eigenvalue weighted by molar-refractivity contribution is 0.589. The molecule has 0 bridgehead atoms. The van der Waals surface area contributed by atoms with Crippen LogP contribution in [-0.2, 0) is 10.0 Å². The van der Waals surface area contributed by atoms with E-state index in [1.165, 1.54) is 6.33 Å². The van der Waals surface area contributed by atoms with Crippen LogP contribution in [0.1, 0.15) is 38.7 Å². The maximum absolute atomic E-state index is 11.0. The second-order valence-electron chi connectivity index (χ2n) is 5.16. The van der Waals surface area contributed by atoms with E-state index in [1.807, 2.05) is 0 Å². The van der Waals surface area contributed by atoms with Crippen molar-refractivity contribution in [3.05, 3.63) is 11.9 Å². The zero-order chi connectivity index (χ0) is 15.9. The van der Waals surface area contributed by atoms with Crippen molar-refractivity contribution in [3.63, 3.8) is 0 Å². The maximum Gasteiger partial charge on any atom is 0.208 e. The van der Waals surface area contributed by atoms with Gasteiger partial charge in [0, 0.05) is 25.2 Å². The third kappa shape index (κ3) is 6.26. The molecule has 3 N–H and O–H groups in total. The molecule has 0 aliphatic rings. The molecule has 0 atom stereocenters. The fraction of sp³-hybridized carbons (Fsp3) is 0.692. The Bertz CT molecular complexity index is 545. The largest absolute Gasteiger partial charge is 0.370 e. The SMILES string of the molecule is CCCNc1ncnc(NCCNS(C)(=O)=O)c1C(C)C. The first-order valence-electron chi connectivity index (χ1n) is 7.12. The number of hydrogen-bond acceptors (Lipinski definition) is 6. The Balaban J connectivity index is 2.76. The normalized spacial score (nSPS) is 11.7. The molecule has 1 aromatic rings. The van der Waals surface area contributed by atoms with Crippen molar-refractivity contribution in [2.75, 3.05) is 36.5 Å². The van der Waals surface area contributed by atoms with Gasteiger partial charge in [0.05, 0.1) is 6.26 Å². The zero-order valence-corrected chi connectivity index (χ0v) is 13.9. The van der Waals surface area contributed by atoms with Crippen molar-refractivity contribution in [1.29, 1.82) is 0 Å². The summed E-state index contributed by atoms with van der Waals surface area (Å²) in [5.41, 5.74) is 1.02. The predicted molar refractivity (Wildman–Crippen MR) is 86.2 cm³/mol. The van der Waals surface area contributed by atoms with Crippen molar-refractivity contribution in [3.8, 4) is 0 Å². The van der Waals surface area contributed by atoms with Crippen LogP contribution in [0.4, 0.5) is 11.6 Å². The number of sulfonamides is 1. The van der Waals surface area contributed by atoms with Crippen LogP contribution in [0.2, 0.25) is 0 Å². The van der Waals surface area contributed by atoms with E-state index < -0.39 is 10.0 Å². The number of nitrogens with zero attached hydrogens (tertiary/aromatic N) is 2. The molecule has 0 aliphatic heterocycles. The molecule has 120 valence electrons. The molecule has 0 saturated carbocycles. The van der Waals surface area contributed by atoms with Gasteiger partial charge in [0.15, 0.2) is 0 Å². The molecule has 0 aliphatic carbocycles. The average molecular weight is 315 g/mol. The van der Waals surface area contributed by atoms with Crippen LogP contribution in [0.25, 0.3) is 0 Å². The fourth-order valence-corrected chi connectivity index (χ4v) is 2.36. The minimum absolute atomic E-state index is 0.260. The molecule has 21 heavy (non-hydrogen) atoms. The summed E-state index contributed by atoms with van der Waals surface area (Å²) in [6.07, 6.45) is 3.67. The molecule has 7 nitrogen and oxygen atoms in total. The Morgan fingerprint density at radius 1 is 1.10 bits per heavy atom. The maximum atomic E-state index is 11.0. The zero-order valence-electron chi connectivity index (χ0n) is 13.1. The molecule has 1 heterocycles. The molecule has 0 fully saturated rings. The lowest BCUT2D eigenvalue weighted by atomic mass is 10.0. The van der Waals surface area contributed by atoms with Gasteiger partial charge in [0.2, 0.25) is 10.0 Å². The van der Waals surface area contributed by atoms with Gasteiger partial charge in [0.1, 0.15) is 18.0 Å². The molecule has 0 spiro atoms. The minimum atomic E-state index is -3.16. The van der Waals surface area contributed by atoms with Crippen molar-refractivity contribution in [2.45, 2.75) is 33.1 Å². The number of aromatic nitrogens is 2. The summed E-state index contributed by atoms with van der Waals surface area (Å²) in [4.78, 5) is 8.56. The molecule has 1 aromatic heterocycles. The van der Waals surface area contributed by atoms with E-state index >= 15 is 0 Å². The van der Waals surface area contributed by atoms with E-state index in [0.717, 1.165) is 36.4 Å². The third-order valence-electron chi connectivity index (χ3n) is 2.79. The molecule has 0 amide bonds. The Kier molecular flexibility index (Phi) is 6.83. The minimum Gasteiger partial charge on any atom is -0.370 e. The van der Waals surface area contributed by atoms with Gasteiger partial charge in [-0.3, -0.25) is 0 Å². The van der Waals surface area contributed by atoms with E-state index in [2.05, 4.69) is 46.1 Å². The van der Waals surface area contributed by atoms with Crippen molar-refractivity contribution in [2.24, 2.45) is 0 Å². The Morgan fingerprint density at radius 3 is 2.14 bits per heavy atom. The van der Waals surface area contributed by atoms with Gasteiger partial charge >= 0.3 is 0 Å². The van der Waals surface area contributed by atoms with Gasteiger partial charge in [-0.25, -0.2) is 23.1 Å². The van der Waals surface area contributed by atoms with E-state index in [4.69, 9.17) is 0 Å². The molecular formula is C13H25N5O2S. The lowest BCUT2D eigenvalue weighted by Gasteiger charge is -2.17. The second kappa shape index (κ2) is 8.14. The van der Waals surface area contributed by atoms with Gasteiger partial charge in [-0.05, 0) is 12.3 Å². The van der Waals surface area contributed by atoms with Crippen LogP contribution in [0.15, 0.2) is 6.33 Å². The molecule has 0 unspecified atom stereocenters. The van der Waals surface area contributed by atoms with E-state index in [1.54, 1.807) is 0 Å². The number of nitrogens with one attached hydrogen (secondary N) is 3. The Labute approximate surface area is 127 Å². The van der Waals surface area contributed by atoms with Gasteiger partial charge in [0.25, 0.3) is 0 Å². The van der Waals surface area contributed by atoms with Crippen LogP contribution in [0, 0.1) is 0 Å². The summed E-state index contributed by atoms with van der Waals surface area (Å²) in [5, 5.41) is 6.46.